The maximum atomic E-state index is 5.50. The van der Waals surface area contributed by atoms with Gasteiger partial charge in [-0.25, -0.2) is 0 Å². The van der Waals surface area contributed by atoms with E-state index in [2.05, 4.69) is 20.3 Å². The zero-order chi connectivity index (χ0) is 12.9. The van der Waals surface area contributed by atoms with Gasteiger partial charge in [0.2, 0.25) is 5.82 Å². The molecule has 2 aromatic heterocycles. The van der Waals surface area contributed by atoms with Crippen LogP contribution < -0.4 is 0 Å². The van der Waals surface area contributed by atoms with Crippen LogP contribution in [0.2, 0.25) is 0 Å². The number of rotatable bonds is 5. The van der Waals surface area contributed by atoms with Crippen molar-refractivity contribution in [3.63, 3.8) is 0 Å². The first-order valence-electron chi connectivity index (χ1n) is 6.22. The molecule has 0 bridgehead atoms. The largest absolute Gasteiger partial charge is 0.376 e. The lowest BCUT2D eigenvalue weighted by atomic mass is 10.2. The third-order valence-corrected chi connectivity index (χ3v) is 2.82. The van der Waals surface area contributed by atoms with Gasteiger partial charge in [0.05, 0.1) is 12.7 Å². The summed E-state index contributed by atoms with van der Waals surface area (Å²) in [6.07, 6.45) is 3.94. The topological polar surface area (TPSA) is 83.2 Å². The van der Waals surface area contributed by atoms with Crippen LogP contribution in [-0.2, 0) is 16.1 Å². The highest BCUT2D eigenvalue weighted by Gasteiger charge is 2.16. The number of ether oxygens (including phenoxy) is 2. The molecule has 100 valence electrons. The van der Waals surface area contributed by atoms with Crippen LogP contribution in [0.4, 0.5) is 0 Å². The van der Waals surface area contributed by atoms with Crippen LogP contribution in [0.1, 0.15) is 18.7 Å². The van der Waals surface area contributed by atoms with Crippen LogP contribution in [0.5, 0.6) is 0 Å². The highest BCUT2D eigenvalue weighted by atomic mass is 16.5. The van der Waals surface area contributed by atoms with Crippen LogP contribution >= 0.6 is 0 Å². The van der Waals surface area contributed by atoms with Gasteiger partial charge in [-0.05, 0) is 25.0 Å². The van der Waals surface area contributed by atoms with Crippen LogP contribution in [-0.4, -0.2) is 39.7 Å². The molecule has 1 aliphatic heterocycles. The molecule has 3 heterocycles. The predicted molar refractivity (Wildman–Crippen MR) is 64.0 cm³/mol. The third kappa shape index (κ3) is 3.12. The van der Waals surface area contributed by atoms with E-state index in [0.29, 0.717) is 24.0 Å². The van der Waals surface area contributed by atoms with Gasteiger partial charge >= 0.3 is 0 Å². The normalized spacial score (nSPS) is 18.8. The minimum Gasteiger partial charge on any atom is -0.376 e. The molecule has 0 spiro atoms. The van der Waals surface area contributed by atoms with Crippen molar-refractivity contribution in [1.82, 2.24) is 20.3 Å². The fraction of sp³-hybridized carbons (Fsp3) is 0.500. The molecule has 0 aromatic carbocycles. The molecule has 19 heavy (non-hydrogen) atoms. The van der Waals surface area contributed by atoms with E-state index in [1.807, 2.05) is 0 Å². The Kier molecular flexibility index (Phi) is 3.75. The van der Waals surface area contributed by atoms with Gasteiger partial charge in [0.1, 0.15) is 12.3 Å². The van der Waals surface area contributed by atoms with Crippen molar-refractivity contribution in [2.45, 2.75) is 25.6 Å². The Morgan fingerprint density at radius 3 is 3.21 bits per heavy atom. The van der Waals surface area contributed by atoms with Crippen molar-refractivity contribution in [3.8, 4) is 11.5 Å². The van der Waals surface area contributed by atoms with Gasteiger partial charge in [-0.1, -0.05) is 5.16 Å². The van der Waals surface area contributed by atoms with Crippen molar-refractivity contribution in [1.29, 1.82) is 0 Å². The zero-order valence-corrected chi connectivity index (χ0v) is 10.4. The molecule has 0 amide bonds. The Morgan fingerprint density at radius 2 is 2.42 bits per heavy atom. The summed E-state index contributed by atoms with van der Waals surface area (Å²) in [7, 11) is 0. The summed E-state index contributed by atoms with van der Waals surface area (Å²) in [5.74, 6) is 0.850. The van der Waals surface area contributed by atoms with Gasteiger partial charge in [-0.15, -0.1) is 5.10 Å². The van der Waals surface area contributed by atoms with Crippen molar-refractivity contribution >= 4 is 0 Å². The van der Waals surface area contributed by atoms with E-state index in [4.69, 9.17) is 14.0 Å². The molecular formula is C12H14N4O3. The molecule has 1 saturated heterocycles. The second-order valence-electron chi connectivity index (χ2n) is 4.27. The number of hydrogen-bond donors (Lipinski definition) is 0. The molecule has 7 heteroatoms. The molecule has 1 aliphatic rings. The van der Waals surface area contributed by atoms with E-state index in [0.717, 1.165) is 19.4 Å². The fourth-order valence-electron chi connectivity index (χ4n) is 1.89. The van der Waals surface area contributed by atoms with E-state index in [9.17, 15) is 0 Å². The predicted octanol–water partition coefficient (Wildman–Crippen LogP) is 1.22. The maximum Gasteiger partial charge on any atom is 0.253 e. The smallest absolute Gasteiger partial charge is 0.253 e. The zero-order valence-electron chi connectivity index (χ0n) is 10.4. The maximum absolute atomic E-state index is 5.50. The van der Waals surface area contributed by atoms with E-state index in [-0.39, 0.29) is 12.7 Å². The Hall–Kier alpha value is -1.86. The Bertz CT molecular complexity index is 511. The molecule has 0 saturated carbocycles. The molecule has 0 aliphatic carbocycles. The van der Waals surface area contributed by atoms with Gasteiger partial charge in [-0.2, -0.15) is 10.1 Å². The average Bonchev–Trinajstić information content (AvgIpc) is 3.11. The highest BCUT2D eigenvalue weighted by Crippen LogP contribution is 2.14. The molecule has 2 aromatic rings. The molecular weight excluding hydrogens is 248 g/mol. The summed E-state index contributed by atoms with van der Waals surface area (Å²) in [4.78, 5) is 4.20. The van der Waals surface area contributed by atoms with Crippen LogP contribution in [0.25, 0.3) is 11.5 Å². The SMILES string of the molecule is c1cnnc(-c2noc(COC[C@H]3CCCO3)n2)c1. The van der Waals surface area contributed by atoms with Crippen LogP contribution in [0, 0.1) is 0 Å². The molecule has 0 radical (unpaired) electrons. The Labute approximate surface area is 109 Å². The Balaban J connectivity index is 1.53. The van der Waals surface area contributed by atoms with Gasteiger partial charge in [0, 0.05) is 12.8 Å². The fourth-order valence-corrected chi connectivity index (χ4v) is 1.89. The van der Waals surface area contributed by atoms with Crippen molar-refractivity contribution in [2.75, 3.05) is 13.2 Å². The lowest BCUT2D eigenvalue weighted by Gasteiger charge is -2.07. The highest BCUT2D eigenvalue weighted by molar-refractivity contribution is 5.46. The third-order valence-electron chi connectivity index (χ3n) is 2.82. The molecule has 7 nitrogen and oxygen atoms in total. The van der Waals surface area contributed by atoms with Crippen LogP contribution in [0.15, 0.2) is 22.9 Å². The van der Waals surface area contributed by atoms with Gasteiger partial charge in [0.15, 0.2) is 0 Å². The van der Waals surface area contributed by atoms with E-state index < -0.39 is 0 Å². The van der Waals surface area contributed by atoms with Crippen molar-refractivity contribution in [2.24, 2.45) is 0 Å². The first-order chi connectivity index (χ1) is 9.42. The van der Waals surface area contributed by atoms with Crippen molar-refractivity contribution in [3.05, 3.63) is 24.2 Å². The molecule has 3 rings (SSSR count). The molecule has 1 atom stereocenters. The monoisotopic (exact) mass is 262 g/mol. The quantitative estimate of drug-likeness (QED) is 0.801. The minimum atomic E-state index is 0.197. The van der Waals surface area contributed by atoms with E-state index in [1.54, 1.807) is 18.3 Å². The molecule has 1 fully saturated rings. The second-order valence-corrected chi connectivity index (χ2v) is 4.27. The summed E-state index contributed by atoms with van der Waals surface area (Å²) in [6.45, 7) is 1.67. The van der Waals surface area contributed by atoms with E-state index >= 15 is 0 Å². The lowest BCUT2D eigenvalue weighted by molar-refractivity contribution is 0.00325. The minimum absolute atomic E-state index is 0.197. The summed E-state index contributed by atoms with van der Waals surface area (Å²) in [5, 5.41) is 11.5. The van der Waals surface area contributed by atoms with E-state index in [1.165, 1.54) is 0 Å². The van der Waals surface area contributed by atoms with Gasteiger partial charge in [-0.3, -0.25) is 0 Å². The summed E-state index contributed by atoms with van der Waals surface area (Å²) in [5.41, 5.74) is 0.580. The summed E-state index contributed by atoms with van der Waals surface area (Å²) >= 11 is 0. The van der Waals surface area contributed by atoms with Gasteiger partial charge < -0.3 is 14.0 Å². The summed E-state index contributed by atoms with van der Waals surface area (Å²) in [6, 6.07) is 3.54. The molecule has 0 unspecified atom stereocenters. The Morgan fingerprint density at radius 1 is 1.42 bits per heavy atom. The van der Waals surface area contributed by atoms with Gasteiger partial charge in [0.25, 0.3) is 5.89 Å². The number of nitrogens with zero attached hydrogens (tertiary/aromatic N) is 4. The second kappa shape index (κ2) is 5.85. The first kappa shape index (κ1) is 12.2. The summed E-state index contributed by atoms with van der Waals surface area (Å²) < 4.78 is 16.0. The first-order valence-corrected chi connectivity index (χ1v) is 6.22. The number of hydrogen-bond acceptors (Lipinski definition) is 7. The standard InChI is InChI=1S/C12H14N4O3/c1-4-10(15-13-5-1)12-14-11(19-16-12)8-17-7-9-3-2-6-18-9/h1,4-5,9H,2-3,6-8H2/t9-/m1/s1. The lowest BCUT2D eigenvalue weighted by Crippen LogP contribution is -2.13. The average molecular weight is 262 g/mol. The molecule has 0 N–H and O–H groups in total. The number of aromatic nitrogens is 4. The van der Waals surface area contributed by atoms with Crippen molar-refractivity contribution < 1.29 is 14.0 Å². The van der Waals surface area contributed by atoms with Crippen LogP contribution in [0.3, 0.4) is 0 Å².